The van der Waals surface area contributed by atoms with Crippen LogP contribution in [0.3, 0.4) is 0 Å². The summed E-state index contributed by atoms with van der Waals surface area (Å²) in [6, 6.07) is 16.7. The second-order valence-electron chi connectivity index (χ2n) is 6.17. The predicted molar refractivity (Wildman–Crippen MR) is 103 cm³/mol. The standard InChI is InChI=1S/C21H14ClFN2O2/c22-13-6-9-16-17(11-15-2-1-3-18(24-15)21(26)27)20(25-19(16)10-13)12-4-7-14(23)8-5-12/h1-10,25H,11H2,(H,26,27). The van der Waals surface area contributed by atoms with Gasteiger partial charge in [-0.3, -0.25) is 0 Å². The number of benzene rings is 2. The molecule has 0 bridgehead atoms. The van der Waals surface area contributed by atoms with Crippen LogP contribution in [0, 0.1) is 5.82 Å². The molecule has 0 aliphatic heterocycles. The van der Waals surface area contributed by atoms with E-state index in [0.29, 0.717) is 17.1 Å². The molecule has 134 valence electrons. The van der Waals surface area contributed by atoms with Crippen molar-refractivity contribution < 1.29 is 14.3 Å². The van der Waals surface area contributed by atoms with E-state index < -0.39 is 5.97 Å². The molecule has 0 unspecified atom stereocenters. The highest BCUT2D eigenvalue weighted by molar-refractivity contribution is 6.31. The number of pyridine rings is 1. The molecule has 0 spiro atoms. The lowest BCUT2D eigenvalue weighted by molar-refractivity contribution is 0.0690. The Morgan fingerprint density at radius 3 is 2.63 bits per heavy atom. The Kier molecular flexibility index (Phi) is 4.38. The minimum atomic E-state index is -1.07. The van der Waals surface area contributed by atoms with E-state index in [1.165, 1.54) is 18.2 Å². The molecule has 4 nitrogen and oxygen atoms in total. The van der Waals surface area contributed by atoms with Gasteiger partial charge in [-0.1, -0.05) is 23.7 Å². The summed E-state index contributed by atoms with van der Waals surface area (Å²) in [6.07, 6.45) is 0.426. The largest absolute Gasteiger partial charge is 0.477 e. The van der Waals surface area contributed by atoms with Crippen LogP contribution in [0.1, 0.15) is 21.7 Å². The number of rotatable bonds is 4. The summed E-state index contributed by atoms with van der Waals surface area (Å²) < 4.78 is 13.3. The number of fused-ring (bicyclic) bond motifs is 1. The maximum atomic E-state index is 13.3. The maximum Gasteiger partial charge on any atom is 0.354 e. The quantitative estimate of drug-likeness (QED) is 0.504. The van der Waals surface area contributed by atoms with E-state index in [-0.39, 0.29) is 11.5 Å². The van der Waals surface area contributed by atoms with Crippen LogP contribution in [0.5, 0.6) is 0 Å². The number of halogens is 2. The highest BCUT2D eigenvalue weighted by atomic mass is 35.5. The molecule has 6 heteroatoms. The molecule has 0 saturated carbocycles. The van der Waals surface area contributed by atoms with E-state index in [1.54, 1.807) is 30.3 Å². The van der Waals surface area contributed by atoms with Gasteiger partial charge in [0.1, 0.15) is 11.5 Å². The molecule has 0 aliphatic carbocycles. The SMILES string of the molecule is O=C(O)c1cccc(Cc2c(-c3ccc(F)cc3)[nH]c3cc(Cl)ccc23)n1. The van der Waals surface area contributed by atoms with Crippen LogP contribution in [0.2, 0.25) is 5.02 Å². The van der Waals surface area contributed by atoms with E-state index in [2.05, 4.69) is 9.97 Å². The van der Waals surface area contributed by atoms with Crippen LogP contribution in [-0.2, 0) is 6.42 Å². The van der Waals surface area contributed by atoms with Crippen molar-refractivity contribution in [2.45, 2.75) is 6.42 Å². The van der Waals surface area contributed by atoms with Gasteiger partial charge in [0.05, 0.1) is 5.69 Å². The van der Waals surface area contributed by atoms with Gasteiger partial charge >= 0.3 is 5.97 Å². The Morgan fingerprint density at radius 2 is 1.89 bits per heavy atom. The van der Waals surface area contributed by atoms with E-state index >= 15 is 0 Å². The van der Waals surface area contributed by atoms with Crippen molar-refractivity contribution >= 4 is 28.5 Å². The number of H-pyrrole nitrogens is 1. The molecule has 0 amide bonds. The summed E-state index contributed by atoms with van der Waals surface area (Å²) in [4.78, 5) is 18.8. The van der Waals surface area contributed by atoms with Crippen molar-refractivity contribution in [3.8, 4) is 11.3 Å². The summed E-state index contributed by atoms with van der Waals surface area (Å²) >= 11 is 6.12. The second kappa shape index (κ2) is 6.85. The number of carboxylic acid groups (broad SMARTS) is 1. The van der Waals surface area contributed by atoms with E-state index in [9.17, 15) is 14.3 Å². The third kappa shape index (κ3) is 3.41. The van der Waals surface area contributed by atoms with Crippen molar-refractivity contribution in [1.82, 2.24) is 9.97 Å². The van der Waals surface area contributed by atoms with Crippen LogP contribution < -0.4 is 0 Å². The summed E-state index contributed by atoms with van der Waals surface area (Å²) in [5.41, 5.74) is 4.09. The molecule has 0 aliphatic rings. The number of hydrogen-bond donors (Lipinski definition) is 2. The Morgan fingerprint density at radius 1 is 1.11 bits per heavy atom. The molecular formula is C21H14ClFN2O2. The minimum Gasteiger partial charge on any atom is -0.477 e. The van der Waals surface area contributed by atoms with Crippen molar-refractivity contribution in [1.29, 1.82) is 0 Å². The van der Waals surface area contributed by atoms with E-state index in [0.717, 1.165) is 27.7 Å². The number of aromatic carboxylic acids is 1. The fourth-order valence-corrected chi connectivity index (χ4v) is 3.32. The molecule has 2 aromatic heterocycles. The second-order valence-corrected chi connectivity index (χ2v) is 6.61. The Hall–Kier alpha value is -3.18. The third-order valence-corrected chi connectivity index (χ3v) is 4.62. The summed E-state index contributed by atoms with van der Waals surface area (Å²) in [7, 11) is 0. The maximum absolute atomic E-state index is 13.3. The van der Waals surface area contributed by atoms with E-state index in [1.807, 2.05) is 12.1 Å². The normalized spacial score (nSPS) is 11.0. The van der Waals surface area contributed by atoms with Crippen LogP contribution in [0.25, 0.3) is 22.2 Å². The fraction of sp³-hybridized carbons (Fsp3) is 0.0476. The van der Waals surface area contributed by atoms with Gasteiger partial charge < -0.3 is 10.1 Å². The van der Waals surface area contributed by atoms with Crippen molar-refractivity contribution in [3.63, 3.8) is 0 Å². The van der Waals surface area contributed by atoms with Crippen molar-refractivity contribution in [3.05, 3.63) is 88.5 Å². The average Bonchev–Trinajstić information content (AvgIpc) is 3.00. The lowest BCUT2D eigenvalue weighted by Gasteiger charge is -2.06. The molecule has 27 heavy (non-hydrogen) atoms. The highest BCUT2D eigenvalue weighted by Crippen LogP contribution is 2.33. The number of nitrogens with zero attached hydrogens (tertiary/aromatic N) is 1. The number of hydrogen-bond acceptors (Lipinski definition) is 2. The number of nitrogens with one attached hydrogen (secondary N) is 1. The highest BCUT2D eigenvalue weighted by Gasteiger charge is 2.16. The lowest BCUT2D eigenvalue weighted by Crippen LogP contribution is -2.03. The Bertz CT molecular complexity index is 1150. The number of aromatic nitrogens is 2. The van der Waals surface area contributed by atoms with Crippen LogP contribution in [-0.4, -0.2) is 21.0 Å². The molecule has 0 saturated heterocycles. The molecule has 2 heterocycles. The van der Waals surface area contributed by atoms with E-state index in [4.69, 9.17) is 11.6 Å². The minimum absolute atomic E-state index is 0.00119. The summed E-state index contributed by atoms with van der Waals surface area (Å²) in [5, 5.41) is 10.7. The zero-order valence-electron chi connectivity index (χ0n) is 14.0. The van der Waals surface area contributed by atoms with Crippen molar-refractivity contribution in [2.75, 3.05) is 0 Å². The van der Waals surface area contributed by atoms with Crippen LogP contribution >= 0.6 is 11.6 Å². The van der Waals surface area contributed by atoms with Gasteiger partial charge in [0.2, 0.25) is 0 Å². The zero-order chi connectivity index (χ0) is 19.0. The summed E-state index contributed by atoms with van der Waals surface area (Å²) in [5.74, 6) is -1.38. The first-order valence-electron chi connectivity index (χ1n) is 8.26. The van der Waals surface area contributed by atoms with Crippen molar-refractivity contribution in [2.24, 2.45) is 0 Å². The number of carboxylic acids is 1. The topological polar surface area (TPSA) is 66.0 Å². The molecular weight excluding hydrogens is 367 g/mol. The smallest absolute Gasteiger partial charge is 0.354 e. The lowest BCUT2D eigenvalue weighted by atomic mass is 10.0. The number of carbonyl (C=O) groups is 1. The molecule has 0 fully saturated rings. The molecule has 4 rings (SSSR count). The molecule has 2 N–H and O–H groups in total. The van der Waals surface area contributed by atoms with Gasteiger partial charge in [0, 0.05) is 28.0 Å². The van der Waals surface area contributed by atoms with Gasteiger partial charge in [-0.05, 0) is 59.7 Å². The molecule has 0 atom stereocenters. The molecule has 4 aromatic rings. The van der Waals surface area contributed by atoms with Gasteiger partial charge in [-0.2, -0.15) is 0 Å². The van der Waals surface area contributed by atoms with Gasteiger partial charge in [-0.25, -0.2) is 14.2 Å². The first-order chi connectivity index (χ1) is 13.0. The molecule has 2 aromatic carbocycles. The first kappa shape index (κ1) is 17.2. The van der Waals surface area contributed by atoms with Gasteiger partial charge in [0.15, 0.2) is 0 Å². The van der Waals surface area contributed by atoms with Crippen LogP contribution in [0.4, 0.5) is 4.39 Å². The molecule has 0 radical (unpaired) electrons. The summed E-state index contributed by atoms with van der Waals surface area (Å²) in [6.45, 7) is 0. The van der Waals surface area contributed by atoms with Crippen LogP contribution in [0.15, 0.2) is 60.7 Å². The number of aromatic amines is 1. The fourth-order valence-electron chi connectivity index (χ4n) is 3.15. The monoisotopic (exact) mass is 380 g/mol. The predicted octanol–water partition coefficient (Wildman–Crippen LogP) is 5.31. The first-order valence-corrected chi connectivity index (χ1v) is 8.64. The van der Waals surface area contributed by atoms with Gasteiger partial charge in [0.25, 0.3) is 0 Å². The average molecular weight is 381 g/mol. The Balaban J connectivity index is 1.87. The zero-order valence-corrected chi connectivity index (χ0v) is 14.8. The third-order valence-electron chi connectivity index (χ3n) is 4.38. The Labute approximate surface area is 159 Å². The van der Waals surface area contributed by atoms with Gasteiger partial charge in [-0.15, -0.1) is 0 Å².